The highest BCUT2D eigenvalue weighted by Gasteiger charge is 2.30. The predicted molar refractivity (Wildman–Crippen MR) is 75.7 cm³/mol. The van der Waals surface area contributed by atoms with Gasteiger partial charge in [-0.05, 0) is 24.7 Å². The third kappa shape index (κ3) is 2.28. The van der Waals surface area contributed by atoms with Crippen LogP contribution in [0.1, 0.15) is 52.0 Å². The molecule has 2 N–H and O–H groups in total. The molecule has 4 nitrogen and oxygen atoms in total. The van der Waals surface area contributed by atoms with Crippen LogP contribution in [0.15, 0.2) is 6.33 Å². The molecule has 0 saturated carbocycles. The summed E-state index contributed by atoms with van der Waals surface area (Å²) < 4.78 is 0. The fourth-order valence-corrected chi connectivity index (χ4v) is 2.93. The van der Waals surface area contributed by atoms with E-state index in [1.165, 1.54) is 12.8 Å². The van der Waals surface area contributed by atoms with E-state index in [0.29, 0.717) is 23.7 Å². The maximum Gasteiger partial charge on any atom is 0.137 e. The van der Waals surface area contributed by atoms with Gasteiger partial charge in [0.2, 0.25) is 0 Å². The molecule has 1 saturated heterocycles. The maximum atomic E-state index is 6.03. The van der Waals surface area contributed by atoms with Crippen LogP contribution in [-0.2, 0) is 0 Å². The van der Waals surface area contributed by atoms with E-state index >= 15 is 0 Å². The van der Waals surface area contributed by atoms with Crippen LogP contribution in [0.4, 0.5) is 11.6 Å². The minimum absolute atomic E-state index is 0.356. The first kappa shape index (κ1) is 13.1. The second-order valence-electron chi connectivity index (χ2n) is 5.80. The van der Waals surface area contributed by atoms with E-state index in [1.54, 1.807) is 6.33 Å². The molecule has 1 aliphatic heterocycles. The summed E-state index contributed by atoms with van der Waals surface area (Å²) >= 11 is 0. The smallest absolute Gasteiger partial charge is 0.137 e. The molecule has 0 spiro atoms. The van der Waals surface area contributed by atoms with Crippen LogP contribution >= 0.6 is 0 Å². The Hall–Kier alpha value is -1.32. The van der Waals surface area contributed by atoms with Gasteiger partial charge in [0.15, 0.2) is 0 Å². The third-order valence-electron chi connectivity index (χ3n) is 3.81. The van der Waals surface area contributed by atoms with Crippen molar-refractivity contribution >= 4 is 11.6 Å². The molecular weight excluding hydrogens is 224 g/mol. The molecule has 4 heteroatoms. The molecule has 100 valence electrons. The molecule has 1 atom stereocenters. The van der Waals surface area contributed by atoms with Crippen LogP contribution in [0.2, 0.25) is 0 Å². The Kier molecular flexibility index (Phi) is 3.73. The average Bonchev–Trinajstić information content (AvgIpc) is 2.76. The standard InChI is InChI=1S/C14H24N4/c1-9(2)11-6-5-7-18(11)14-12(10(3)4)13(15)16-8-17-14/h8-11H,5-7H2,1-4H3,(H2,15,16,17). The number of hydrogen-bond acceptors (Lipinski definition) is 4. The summed E-state index contributed by atoms with van der Waals surface area (Å²) in [6, 6.07) is 0.580. The van der Waals surface area contributed by atoms with Crippen LogP contribution < -0.4 is 10.6 Å². The average molecular weight is 248 g/mol. The summed E-state index contributed by atoms with van der Waals surface area (Å²) in [5, 5.41) is 0. The summed E-state index contributed by atoms with van der Waals surface area (Å²) in [7, 11) is 0. The lowest BCUT2D eigenvalue weighted by Crippen LogP contribution is -2.35. The van der Waals surface area contributed by atoms with Crippen LogP contribution in [-0.4, -0.2) is 22.6 Å². The van der Waals surface area contributed by atoms with Gasteiger partial charge in [-0.2, -0.15) is 0 Å². The number of aromatic nitrogens is 2. The van der Waals surface area contributed by atoms with E-state index < -0.39 is 0 Å². The van der Waals surface area contributed by atoms with Crippen molar-refractivity contribution in [2.45, 2.75) is 52.5 Å². The van der Waals surface area contributed by atoms with Gasteiger partial charge in [-0.25, -0.2) is 9.97 Å². The first-order chi connectivity index (χ1) is 8.52. The molecule has 2 heterocycles. The van der Waals surface area contributed by atoms with E-state index in [4.69, 9.17) is 5.73 Å². The molecule has 18 heavy (non-hydrogen) atoms. The van der Waals surface area contributed by atoms with Gasteiger partial charge in [0, 0.05) is 18.2 Å². The SMILES string of the molecule is CC(C)c1c(N)ncnc1N1CCCC1C(C)C. The minimum Gasteiger partial charge on any atom is -0.383 e. The topological polar surface area (TPSA) is 55.0 Å². The van der Waals surface area contributed by atoms with E-state index in [0.717, 1.165) is 17.9 Å². The number of nitrogens with zero attached hydrogens (tertiary/aromatic N) is 3. The number of nitrogens with two attached hydrogens (primary N) is 1. The van der Waals surface area contributed by atoms with E-state index in [1.807, 2.05) is 0 Å². The lowest BCUT2D eigenvalue weighted by Gasteiger charge is -2.31. The molecule has 0 radical (unpaired) electrons. The van der Waals surface area contributed by atoms with Gasteiger partial charge in [-0.1, -0.05) is 27.7 Å². The largest absolute Gasteiger partial charge is 0.383 e. The summed E-state index contributed by atoms with van der Waals surface area (Å²) in [6.45, 7) is 9.95. The van der Waals surface area contributed by atoms with Gasteiger partial charge in [-0.15, -0.1) is 0 Å². The van der Waals surface area contributed by atoms with Crippen LogP contribution in [0, 0.1) is 5.92 Å². The lowest BCUT2D eigenvalue weighted by molar-refractivity contribution is 0.488. The van der Waals surface area contributed by atoms with Crippen molar-refractivity contribution < 1.29 is 0 Å². The number of rotatable bonds is 3. The van der Waals surface area contributed by atoms with Gasteiger partial charge in [0.1, 0.15) is 18.0 Å². The van der Waals surface area contributed by atoms with Crippen molar-refractivity contribution in [3.63, 3.8) is 0 Å². The molecule has 0 aliphatic carbocycles. The lowest BCUT2D eigenvalue weighted by atomic mass is 10.00. The van der Waals surface area contributed by atoms with Crippen molar-refractivity contribution in [3.05, 3.63) is 11.9 Å². The first-order valence-corrected chi connectivity index (χ1v) is 6.89. The van der Waals surface area contributed by atoms with Crippen LogP contribution in [0.3, 0.4) is 0 Å². The molecule has 0 aromatic carbocycles. The monoisotopic (exact) mass is 248 g/mol. The van der Waals surface area contributed by atoms with Gasteiger partial charge in [0.25, 0.3) is 0 Å². The highest BCUT2D eigenvalue weighted by Crippen LogP contribution is 2.35. The molecule has 1 aromatic heterocycles. The van der Waals surface area contributed by atoms with Gasteiger partial charge < -0.3 is 10.6 Å². The van der Waals surface area contributed by atoms with Crippen molar-refractivity contribution in [2.24, 2.45) is 5.92 Å². The van der Waals surface area contributed by atoms with Crippen LogP contribution in [0.25, 0.3) is 0 Å². The van der Waals surface area contributed by atoms with Crippen molar-refractivity contribution in [3.8, 4) is 0 Å². The second-order valence-corrected chi connectivity index (χ2v) is 5.80. The van der Waals surface area contributed by atoms with E-state index in [9.17, 15) is 0 Å². The Bertz CT molecular complexity index is 414. The fraction of sp³-hybridized carbons (Fsp3) is 0.714. The van der Waals surface area contributed by atoms with Gasteiger partial charge >= 0.3 is 0 Å². The minimum atomic E-state index is 0.356. The Labute approximate surface area is 110 Å². The zero-order chi connectivity index (χ0) is 13.3. The van der Waals surface area contributed by atoms with Crippen molar-refractivity contribution in [1.29, 1.82) is 0 Å². The molecule has 1 fully saturated rings. The molecule has 1 unspecified atom stereocenters. The molecular formula is C14H24N4. The predicted octanol–water partition coefficient (Wildman–Crippen LogP) is 2.81. The van der Waals surface area contributed by atoms with Crippen molar-refractivity contribution in [2.75, 3.05) is 17.2 Å². The molecule has 0 bridgehead atoms. The van der Waals surface area contributed by atoms with E-state index in [-0.39, 0.29) is 0 Å². The Morgan fingerprint density at radius 2 is 2.00 bits per heavy atom. The Morgan fingerprint density at radius 1 is 1.28 bits per heavy atom. The first-order valence-electron chi connectivity index (χ1n) is 6.89. The molecule has 1 aromatic rings. The summed E-state index contributed by atoms with van der Waals surface area (Å²) in [6.07, 6.45) is 4.08. The molecule has 2 rings (SSSR count). The van der Waals surface area contributed by atoms with E-state index in [2.05, 4.69) is 42.6 Å². The van der Waals surface area contributed by atoms with Crippen LogP contribution in [0.5, 0.6) is 0 Å². The van der Waals surface area contributed by atoms with Gasteiger partial charge in [-0.3, -0.25) is 0 Å². The summed E-state index contributed by atoms with van der Waals surface area (Å²) in [5.74, 6) is 2.68. The fourth-order valence-electron chi connectivity index (χ4n) is 2.93. The zero-order valence-electron chi connectivity index (χ0n) is 11.8. The molecule has 0 amide bonds. The zero-order valence-corrected chi connectivity index (χ0v) is 11.8. The highest BCUT2D eigenvalue weighted by atomic mass is 15.2. The number of nitrogen functional groups attached to an aromatic ring is 1. The number of anilines is 2. The summed E-state index contributed by atoms with van der Waals surface area (Å²) in [4.78, 5) is 11.1. The van der Waals surface area contributed by atoms with Gasteiger partial charge in [0.05, 0.1) is 0 Å². The third-order valence-corrected chi connectivity index (χ3v) is 3.81. The maximum absolute atomic E-state index is 6.03. The quantitative estimate of drug-likeness (QED) is 0.893. The second kappa shape index (κ2) is 5.12. The normalized spacial score (nSPS) is 20.1. The Morgan fingerprint density at radius 3 is 2.61 bits per heavy atom. The Balaban J connectivity index is 2.41. The summed E-state index contributed by atoms with van der Waals surface area (Å²) in [5.41, 5.74) is 7.14. The highest BCUT2D eigenvalue weighted by molar-refractivity contribution is 5.59. The van der Waals surface area contributed by atoms with Crippen molar-refractivity contribution in [1.82, 2.24) is 9.97 Å². The number of hydrogen-bond donors (Lipinski definition) is 1. The molecule has 1 aliphatic rings.